The lowest BCUT2D eigenvalue weighted by Crippen LogP contribution is -2.11. The van der Waals surface area contributed by atoms with Gasteiger partial charge < -0.3 is 14.8 Å². The van der Waals surface area contributed by atoms with E-state index in [4.69, 9.17) is 9.47 Å². The highest BCUT2D eigenvalue weighted by atomic mass is 16.5. The zero-order valence-corrected chi connectivity index (χ0v) is 17.5. The third kappa shape index (κ3) is 6.96. The van der Waals surface area contributed by atoms with Crippen LogP contribution in [0.5, 0.6) is 11.5 Å². The van der Waals surface area contributed by atoms with Crippen LogP contribution < -0.4 is 14.8 Å². The summed E-state index contributed by atoms with van der Waals surface area (Å²) < 4.78 is 11.6. The van der Waals surface area contributed by atoms with E-state index in [1.165, 1.54) is 19.3 Å². The summed E-state index contributed by atoms with van der Waals surface area (Å²) in [5, 5.41) is 2.93. The van der Waals surface area contributed by atoms with Crippen molar-refractivity contribution >= 4 is 11.6 Å². The van der Waals surface area contributed by atoms with Crippen molar-refractivity contribution in [1.29, 1.82) is 0 Å². The number of amides is 1. The van der Waals surface area contributed by atoms with E-state index in [9.17, 15) is 4.79 Å². The van der Waals surface area contributed by atoms with E-state index in [1.807, 2.05) is 66.7 Å². The van der Waals surface area contributed by atoms with Crippen LogP contribution in [-0.2, 0) is 6.61 Å². The van der Waals surface area contributed by atoms with Crippen LogP contribution in [0, 0.1) is 0 Å². The Morgan fingerprint density at radius 2 is 1.60 bits per heavy atom. The molecule has 0 aliphatic rings. The molecule has 0 heterocycles. The molecule has 4 nitrogen and oxygen atoms in total. The van der Waals surface area contributed by atoms with Crippen molar-refractivity contribution in [2.24, 2.45) is 0 Å². The van der Waals surface area contributed by atoms with E-state index < -0.39 is 0 Å². The molecule has 0 atom stereocenters. The number of hydrogen-bond acceptors (Lipinski definition) is 3. The lowest BCUT2D eigenvalue weighted by molar-refractivity contribution is 0.102. The fraction of sp³-hybridized carbons (Fsp3) is 0.269. The fourth-order valence-electron chi connectivity index (χ4n) is 3.03. The average molecular weight is 404 g/mol. The first-order valence-electron chi connectivity index (χ1n) is 10.6. The van der Waals surface area contributed by atoms with Gasteiger partial charge in [0.05, 0.1) is 6.61 Å². The minimum Gasteiger partial charge on any atom is -0.494 e. The highest BCUT2D eigenvalue weighted by molar-refractivity contribution is 6.04. The lowest BCUT2D eigenvalue weighted by atomic mass is 10.2. The highest BCUT2D eigenvalue weighted by Gasteiger charge is 2.07. The molecule has 3 aromatic carbocycles. The van der Waals surface area contributed by atoms with Crippen LogP contribution in [0.25, 0.3) is 0 Å². The summed E-state index contributed by atoms with van der Waals surface area (Å²) >= 11 is 0. The average Bonchev–Trinajstić information content (AvgIpc) is 2.79. The first-order chi connectivity index (χ1) is 14.7. The molecule has 4 heteroatoms. The topological polar surface area (TPSA) is 47.6 Å². The van der Waals surface area contributed by atoms with Gasteiger partial charge in [-0.25, -0.2) is 0 Å². The molecule has 3 rings (SSSR count). The molecule has 0 saturated heterocycles. The van der Waals surface area contributed by atoms with Gasteiger partial charge in [0.15, 0.2) is 0 Å². The SMILES string of the molecule is CCCCCCOc1cccc(NC(=O)c2ccc(OCc3ccccc3)cc2)c1. The van der Waals surface area contributed by atoms with Crippen molar-refractivity contribution in [3.05, 3.63) is 90.0 Å². The Kier molecular flexibility index (Phi) is 8.34. The van der Waals surface area contributed by atoms with Crippen molar-refractivity contribution in [1.82, 2.24) is 0 Å². The number of carbonyl (C=O) groups is 1. The smallest absolute Gasteiger partial charge is 0.255 e. The molecule has 0 unspecified atom stereocenters. The summed E-state index contributed by atoms with van der Waals surface area (Å²) in [4.78, 5) is 12.6. The van der Waals surface area contributed by atoms with Crippen LogP contribution in [0.4, 0.5) is 5.69 Å². The maximum Gasteiger partial charge on any atom is 0.255 e. The molecule has 0 spiro atoms. The number of benzene rings is 3. The summed E-state index contributed by atoms with van der Waals surface area (Å²) in [5.41, 5.74) is 2.40. The molecule has 0 radical (unpaired) electrons. The summed E-state index contributed by atoms with van der Waals surface area (Å²) in [5.74, 6) is 1.34. The van der Waals surface area contributed by atoms with Crippen LogP contribution in [0.1, 0.15) is 48.5 Å². The minimum absolute atomic E-state index is 0.162. The molecule has 0 aliphatic carbocycles. The molecule has 0 aromatic heterocycles. The molecule has 0 aliphatic heterocycles. The van der Waals surface area contributed by atoms with Gasteiger partial charge in [-0.1, -0.05) is 62.6 Å². The van der Waals surface area contributed by atoms with E-state index >= 15 is 0 Å². The van der Waals surface area contributed by atoms with E-state index in [0.717, 1.165) is 29.2 Å². The van der Waals surface area contributed by atoms with Crippen LogP contribution in [0.15, 0.2) is 78.9 Å². The monoisotopic (exact) mass is 403 g/mol. The Morgan fingerprint density at radius 3 is 2.37 bits per heavy atom. The zero-order chi connectivity index (χ0) is 21.0. The van der Waals surface area contributed by atoms with Gasteiger partial charge in [0.2, 0.25) is 0 Å². The molecule has 1 amide bonds. The van der Waals surface area contributed by atoms with Crippen molar-refractivity contribution in [2.75, 3.05) is 11.9 Å². The van der Waals surface area contributed by atoms with Crippen LogP contribution >= 0.6 is 0 Å². The molecule has 0 saturated carbocycles. The predicted molar refractivity (Wildman–Crippen MR) is 121 cm³/mol. The predicted octanol–water partition coefficient (Wildman–Crippen LogP) is 6.48. The molecule has 3 aromatic rings. The van der Waals surface area contributed by atoms with Gasteiger partial charge in [-0.2, -0.15) is 0 Å². The molecule has 156 valence electrons. The van der Waals surface area contributed by atoms with Gasteiger partial charge in [-0.15, -0.1) is 0 Å². The first-order valence-corrected chi connectivity index (χ1v) is 10.6. The number of hydrogen-bond donors (Lipinski definition) is 1. The Labute approximate surface area is 178 Å². The van der Waals surface area contributed by atoms with Gasteiger partial charge in [0, 0.05) is 17.3 Å². The van der Waals surface area contributed by atoms with Crippen molar-refractivity contribution in [2.45, 2.75) is 39.2 Å². The Bertz CT molecular complexity index is 907. The fourth-order valence-corrected chi connectivity index (χ4v) is 3.03. The second-order valence-electron chi connectivity index (χ2n) is 7.19. The van der Waals surface area contributed by atoms with Gasteiger partial charge in [0.1, 0.15) is 18.1 Å². The van der Waals surface area contributed by atoms with Crippen molar-refractivity contribution in [3.63, 3.8) is 0 Å². The Hall–Kier alpha value is -3.27. The molecule has 1 N–H and O–H groups in total. The third-order valence-electron chi connectivity index (χ3n) is 4.72. The Morgan fingerprint density at radius 1 is 0.800 bits per heavy atom. The number of unbranched alkanes of at least 4 members (excludes halogenated alkanes) is 3. The molecule has 30 heavy (non-hydrogen) atoms. The largest absolute Gasteiger partial charge is 0.494 e. The zero-order valence-electron chi connectivity index (χ0n) is 17.5. The van der Waals surface area contributed by atoms with Crippen LogP contribution in [0.3, 0.4) is 0 Å². The molecule has 0 bridgehead atoms. The lowest BCUT2D eigenvalue weighted by Gasteiger charge is -2.10. The molecular formula is C26H29NO3. The van der Waals surface area contributed by atoms with Gasteiger partial charge in [0.25, 0.3) is 5.91 Å². The molecule has 0 fully saturated rings. The van der Waals surface area contributed by atoms with E-state index in [2.05, 4.69) is 12.2 Å². The molecular weight excluding hydrogens is 374 g/mol. The summed E-state index contributed by atoms with van der Waals surface area (Å²) in [7, 11) is 0. The second-order valence-corrected chi connectivity index (χ2v) is 7.19. The number of ether oxygens (including phenoxy) is 2. The number of carbonyl (C=O) groups excluding carboxylic acids is 1. The quantitative estimate of drug-likeness (QED) is 0.373. The van der Waals surface area contributed by atoms with Crippen LogP contribution in [-0.4, -0.2) is 12.5 Å². The van der Waals surface area contributed by atoms with Gasteiger partial charge >= 0.3 is 0 Å². The number of nitrogens with one attached hydrogen (secondary N) is 1. The number of anilines is 1. The first kappa shape index (κ1) is 21.4. The van der Waals surface area contributed by atoms with E-state index in [1.54, 1.807) is 12.1 Å². The highest BCUT2D eigenvalue weighted by Crippen LogP contribution is 2.20. The number of rotatable bonds is 11. The van der Waals surface area contributed by atoms with Crippen molar-refractivity contribution < 1.29 is 14.3 Å². The van der Waals surface area contributed by atoms with Crippen molar-refractivity contribution in [3.8, 4) is 11.5 Å². The van der Waals surface area contributed by atoms with Crippen LogP contribution in [0.2, 0.25) is 0 Å². The summed E-state index contributed by atoms with van der Waals surface area (Å²) in [6, 6.07) is 24.7. The minimum atomic E-state index is -0.162. The summed E-state index contributed by atoms with van der Waals surface area (Å²) in [6.07, 6.45) is 4.66. The van der Waals surface area contributed by atoms with E-state index in [0.29, 0.717) is 18.8 Å². The third-order valence-corrected chi connectivity index (χ3v) is 4.72. The normalized spacial score (nSPS) is 10.4. The maximum atomic E-state index is 12.6. The maximum absolute atomic E-state index is 12.6. The standard InChI is InChI=1S/C26H29NO3/c1-2-3-4-8-18-29-25-13-9-12-23(19-25)27-26(28)22-14-16-24(17-15-22)30-20-21-10-6-5-7-11-21/h5-7,9-17,19H,2-4,8,18,20H2,1H3,(H,27,28). The van der Waals surface area contributed by atoms with E-state index in [-0.39, 0.29) is 5.91 Å². The Balaban J connectivity index is 1.50. The van der Waals surface area contributed by atoms with Gasteiger partial charge in [-0.05, 0) is 48.4 Å². The second kappa shape index (κ2) is 11.7. The summed E-state index contributed by atoms with van der Waals surface area (Å²) in [6.45, 7) is 3.39. The van der Waals surface area contributed by atoms with Gasteiger partial charge in [-0.3, -0.25) is 4.79 Å².